The molecular formula is C14H18N2O6. The van der Waals surface area contributed by atoms with Gasteiger partial charge in [-0.3, -0.25) is 9.59 Å². The van der Waals surface area contributed by atoms with Crippen LogP contribution in [-0.4, -0.2) is 38.2 Å². The van der Waals surface area contributed by atoms with Gasteiger partial charge in [-0.05, 0) is 24.1 Å². The highest BCUT2D eigenvalue weighted by molar-refractivity contribution is 5.76. The third-order valence-corrected chi connectivity index (χ3v) is 2.63. The van der Waals surface area contributed by atoms with Gasteiger partial charge < -0.3 is 25.3 Å². The van der Waals surface area contributed by atoms with Gasteiger partial charge in [-0.2, -0.15) is 0 Å². The molecule has 8 nitrogen and oxygen atoms in total. The van der Waals surface area contributed by atoms with E-state index in [1.165, 1.54) is 33.2 Å². The Morgan fingerprint density at radius 3 is 2.45 bits per heavy atom. The molecule has 0 radical (unpaired) electrons. The Kier molecular flexibility index (Phi) is 6.33. The number of methoxy groups -OCH3 is 1. The van der Waals surface area contributed by atoms with Gasteiger partial charge in [-0.1, -0.05) is 6.07 Å². The first kappa shape index (κ1) is 17.4. The molecule has 0 saturated carbocycles. The third-order valence-electron chi connectivity index (χ3n) is 2.63. The number of rotatable bonds is 5. The predicted molar refractivity (Wildman–Crippen MR) is 76.5 cm³/mol. The summed E-state index contributed by atoms with van der Waals surface area (Å²) < 4.78 is 14.5. The second-order valence-corrected chi connectivity index (χ2v) is 4.35. The summed E-state index contributed by atoms with van der Waals surface area (Å²) in [4.78, 5) is 33.7. The number of carbonyl (C=O) groups excluding carboxylic acids is 3. The van der Waals surface area contributed by atoms with E-state index in [2.05, 4.69) is 10.1 Å². The summed E-state index contributed by atoms with van der Waals surface area (Å²) in [5.41, 5.74) is 6.29. The topological polar surface area (TPSA) is 117 Å². The molecule has 120 valence electrons. The van der Waals surface area contributed by atoms with Gasteiger partial charge in [0.05, 0.1) is 7.11 Å². The van der Waals surface area contributed by atoms with Crippen LogP contribution in [0.4, 0.5) is 4.79 Å². The van der Waals surface area contributed by atoms with Crippen LogP contribution in [0.25, 0.3) is 0 Å². The molecule has 1 atom stereocenters. The zero-order valence-electron chi connectivity index (χ0n) is 12.5. The van der Waals surface area contributed by atoms with Crippen molar-refractivity contribution >= 4 is 18.0 Å². The molecule has 22 heavy (non-hydrogen) atoms. The molecule has 0 aliphatic carbocycles. The van der Waals surface area contributed by atoms with Crippen molar-refractivity contribution in [3.05, 3.63) is 23.8 Å². The van der Waals surface area contributed by atoms with Gasteiger partial charge in [-0.25, -0.2) is 4.79 Å². The van der Waals surface area contributed by atoms with Crippen LogP contribution in [0.1, 0.15) is 12.5 Å². The Bertz CT molecular complexity index is 572. The minimum atomic E-state index is -0.850. The van der Waals surface area contributed by atoms with E-state index in [4.69, 9.17) is 15.2 Å². The number of benzene rings is 1. The maximum absolute atomic E-state index is 11.3. The molecule has 1 aromatic carbocycles. The maximum Gasteiger partial charge on any atom is 0.412 e. The van der Waals surface area contributed by atoms with E-state index in [0.29, 0.717) is 5.56 Å². The van der Waals surface area contributed by atoms with Crippen LogP contribution in [0.2, 0.25) is 0 Å². The number of nitrogens with two attached hydrogens (primary N) is 1. The fourth-order valence-corrected chi connectivity index (χ4v) is 1.64. The lowest BCUT2D eigenvalue weighted by atomic mass is 10.1. The van der Waals surface area contributed by atoms with Crippen molar-refractivity contribution in [1.82, 2.24) is 5.32 Å². The summed E-state index contributed by atoms with van der Waals surface area (Å²) in [7, 11) is 2.64. The summed E-state index contributed by atoms with van der Waals surface area (Å²) >= 11 is 0. The van der Waals surface area contributed by atoms with E-state index in [9.17, 15) is 14.4 Å². The monoisotopic (exact) mass is 310 g/mol. The molecule has 8 heteroatoms. The van der Waals surface area contributed by atoms with E-state index < -0.39 is 24.1 Å². The fraction of sp³-hybridized carbons (Fsp3) is 0.357. The van der Waals surface area contributed by atoms with E-state index >= 15 is 0 Å². The molecule has 0 aromatic heterocycles. The molecule has 0 aliphatic rings. The zero-order chi connectivity index (χ0) is 16.7. The first-order valence-electron chi connectivity index (χ1n) is 6.41. The number of amides is 1. The Hall–Kier alpha value is -2.61. The van der Waals surface area contributed by atoms with Crippen molar-refractivity contribution in [2.24, 2.45) is 5.73 Å². The molecule has 0 unspecified atom stereocenters. The summed E-state index contributed by atoms with van der Waals surface area (Å²) in [5, 5.41) is 2.28. The Labute approximate surface area is 127 Å². The van der Waals surface area contributed by atoms with Crippen molar-refractivity contribution in [3.63, 3.8) is 0 Å². The van der Waals surface area contributed by atoms with Gasteiger partial charge in [0.25, 0.3) is 0 Å². The van der Waals surface area contributed by atoms with Crippen LogP contribution >= 0.6 is 0 Å². The SMILES string of the molecule is CNC(=O)Oc1cc(C[C@H](N)C(=O)OC)ccc1OC(C)=O. The molecule has 1 amide bonds. The molecule has 0 heterocycles. The Morgan fingerprint density at radius 2 is 1.91 bits per heavy atom. The van der Waals surface area contributed by atoms with Crippen LogP contribution in [0, 0.1) is 0 Å². The van der Waals surface area contributed by atoms with E-state index in [1.54, 1.807) is 6.07 Å². The number of ether oxygens (including phenoxy) is 3. The third kappa shape index (κ3) is 5.06. The summed E-state index contributed by atoms with van der Waals surface area (Å²) in [6.07, 6.45) is -0.542. The smallest absolute Gasteiger partial charge is 0.412 e. The van der Waals surface area contributed by atoms with E-state index in [1.807, 2.05) is 0 Å². The summed E-state index contributed by atoms with van der Waals surface area (Å²) in [6.45, 7) is 1.23. The number of hydrogen-bond donors (Lipinski definition) is 2. The maximum atomic E-state index is 11.3. The average Bonchev–Trinajstić information content (AvgIpc) is 2.48. The first-order valence-corrected chi connectivity index (χ1v) is 6.41. The predicted octanol–water partition coefficient (Wildman–Crippen LogP) is 0.373. The molecule has 0 fully saturated rings. The molecule has 0 bridgehead atoms. The minimum absolute atomic E-state index is 0.0455. The number of esters is 2. The minimum Gasteiger partial charge on any atom is -0.468 e. The number of carbonyl (C=O) groups is 3. The van der Waals surface area contributed by atoms with Crippen molar-refractivity contribution in [2.75, 3.05) is 14.2 Å². The Balaban J connectivity index is 3.01. The lowest BCUT2D eigenvalue weighted by molar-refractivity contribution is -0.142. The molecule has 0 spiro atoms. The second kappa shape index (κ2) is 7.99. The van der Waals surface area contributed by atoms with Gasteiger partial charge in [0.2, 0.25) is 0 Å². The normalized spacial score (nSPS) is 11.3. The van der Waals surface area contributed by atoms with Gasteiger partial charge >= 0.3 is 18.0 Å². The van der Waals surface area contributed by atoms with Crippen LogP contribution in [0.3, 0.4) is 0 Å². The van der Waals surface area contributed by atoms with Gasteiger partial charge in [0, 0.05) is 14.0 Å². The van der Waals surface area contributed by atoms with E-state index in [-0.39, 0.29) is 17.9 Å². The van der Waals surface area contributed by atoms with Gasteiger partial charge in [0.1, 0.15) is 6.04 Å². The van der Waals surface area contributed by atoms with Crippen molar-refractivity contribution in [1.29, 1.82) is 0 Å². The van der Waals surface area contributed by atoms with Crippen LogP contribution in [0.15, 0.2) is 18.2 Å². The summed E-state index contributed by atoms with van der Waals surface area (Å²) in [5.74, 6) is -0.978. The molecule has 1 aromatic rings. The first-order chi connectivity index (χ1) is 10.4. The molecular weight excluding hydrogens is 292 g/mol. The molecule has 0 aliphatic heterocycles. The lowest BCUT2D eigenvalue weighted by Crippen LogP contribution is -2.33. The highest BCUT2D eigenvalue weighted by Gasteiger charge is 2.17. The number of nitrogens with one attached hydrogen (secondary N) is 1. The van der Waals surface area contributed by atoms with Crippen LogP contribution < -0.4 is 20.5 Å². The largest absolute Gasteiger partial charge is 0.468 e. The average molecular weight is 310 g/mol. The standard InChI is InChI=1S/C14H18N2O6/c1-8(17)21-11-5-4-9(6-10(15)13(18)20-3)7-12(11)22-14(19)16-2/h4-5,7,10H,6,15H2,1-3H3,(H,16,19)/t10-/m0/s1. The van der Waals surface area contributed by atoms with Crippen molar-refractivity contribution < 1.29 is 28.6 Å². The quantitative estimate of drug-likeness (QED) is 0.596. The lowest BCUT2D eigenvalue weighted by Gasteiger charge is -2.13. The van der Waals surface area contributed by atoms with Gasteiger partial charge in [0.15, 0.2) is 11.5 Å². The van der Waals surface area contributed by atoms with E-state index in [0.717, 1.165) is 0 Å². The molecule has 0 saturated heterocycles. The van der Waals surface area contributed by atoms with Crippen molar-refractivity contribution in [3.8, 4) is 11.5 Å². The molecule has 1 rings (SSSR count). The fourth-order valence-electron chi connectivity index (χ4n) is 1.64. The highest BCUT2D eigenvalue weighted by Crippen LogP contribution is 2.29. The Morgan fingerprint density at radius 1 is 1.23 bits per heavy atom. The van der Waals surface area contributed by atoms with Crippen LogP contribution in [-0.2, 0) is 20.7 Å². The second-order valence-electron chi connectivity index (χ2n) is 4.35. The highest BCUT2D eigenvalue weighted by atomic mass is 16.6. The van der Waals surface area contributed by atoms with Gasteiger partial charge in [-0.15, -0.1) is 0 Å². The van der Waals surface area contributed by atoms with Crippen molar-refractivity contribution in [2.45, 2.75) is 19.4 Å². The van der Waals surface area contributed by atoms with Crippen LogP contribution in [0.5, 0.6) is 11.5 Å². The number of hydrogen-bond acceptors (Lipinski definition) is 7. The summed E-state index contributed by atoms with van der Waals surface area (Å²) in [6, 6.07) is 3.69. The zero-order valence-corrected chi connectivity index (χ0v) is 12.5. The molecule has 3 N–H and O–H groups in total.